The number of hydrogen-bond acceptors (Lipinski definition) is 4. The van der Waals surface area contributed by atoms with Crippen LogP contribution in [0.5, 0.6) is 0 Å². The van der Waals surface area contributed by atoms with E-state index in [-0.39, 0.29) is 0 Å². The molecule has 0 aromatic carbocycles. The highest BCUT2D eigenvalue weighted by Crippen LogP contribution is 2.31. The maximum atomic E-state index is 5.46. The first-order chi connectivity index (χ1) is 9.40. The Hall–Kier alpha value is -1.55. The van der Waals surface area contributed by atoms with Crippen molar-refractivity contribution in [2.75, 3.05) is 31.1 Å². The van der Waals surface area contributed by atoms with Crippen molar-refractivity contribution in [1.29, 1.82) is 0 Å². The monoisotopic (exact) mass is 257 g/mol. The molecule has 2 fully saturated rings. The third-order valence-corrected chi connectivity index (χ3v) is 4.64. The molecule has 2 saturated heterocycles. The third-order valence-electron chi connectivity index (χ3n) is 4.64. The molecule has 0 unspecified atom stereocenters. The van der Waals surface area contributed by atoms with Crippen LogP contribution in [0.3, 0.4) is 0 Å². The number of fused-ring (bicyclic) bond motifs is 2. The normalized spacial score (nSPS) is 27.5. The Bertz CT molecular complexity index is 580. The van der Waals surface area contributed by atoms with E-state index in [9.17, 15) is 0 Å². The van der Waals surface area contributed by atoms with E-state index in [4.69, 9.17) is 4.42 Å². The van der Waals surface area contributed by atoms with Crippen LogP contribution in [0.15, 0.2) is 29.0 Å². The second-order valence-corrected chi connectivity index (χ2v) is 5.75. The minimum Gasteiger partial charge on any atom is -0.463 e. The van der Waals surface area contributed by atoms with Crippen LogP contribution in [-0.4, -0.2) is 31.2 Å². The van der Waals surface area contributed by atoms with E-state index < -0.39 is 0 Å². The average molecular weight is 257 g/mol. The highest BCUT2D eigenvalue weighted by Gasteiger charge is 2.31. The molecular formula is C15H19N3O. The molecule has 0 amide bonds. The fourth-order valence-electron chi connectivity index (χ4n) is 3.50. The lowest BCUT2D eigenvalue weighted by Gasteiger charge is -2.42. The molecule has 0 aliphatic carbocycles. The summed E-state index contributed by atoms with van der Waals surface area (Å²) in [7, 11) is 0. The van der Waals surface area contributed by atoms with Crippen molar-refractivity contribution in [2.24, 2.45) is 11.8 Å². The van der Waals surface area contributed by atoms with Crippen molar-refractivity contribution in [3.05, 3.63) is 24.6 Å². The van der Waals surface area contributed by atoms with Crippen molar-refractivity contribution in [2.45, 2.75) is 12.8 Å². The Morgan fingerprint density at radius 2 is 2.32 bits per heavy atom. The molecule has 2 aliphatic heterocycles. The van der Waals surface area contributed by atoms with Crippen LogP contribution < -0.4 is 10.2 Å². The molecule has 4 nitrogen and oxygen atoms in total. The number of anilines is 1. The Balaban J connectivity index is 1.58. The maximum Gasteiger partial charge on any atom is 0.154 e. The van der Waals surface area contributed by atoms with E-state index in [1.165, 1.54) is 38.2 Å². The predicted octanol–water partition coefficient (Wildman–Crippen LogP) is 2.26. The zero-order valence-corrected chi connectivity index (χ0v) is 11.0. The van der Waals surface area contributed by atoms with Gasteiger partial charge in [-0.25, -0.2) is 0 Å². The Labute approximate surface area is 112 Å². The van der Waals surface area contributed by atoms with E-state index in [0.717, 1.165) is 29.5 Å². The topological polar surface area (TPSA) is 41.3 Å². The summed E-state index contributed by atoms with van der Waals surface area (Å²) >= 11 is 0. The van der Waals surface area contributed by atoms with E-state index in [1.54, 1.807) is 6.26 Å². The van der Waals surface area contributed by atoms with Gasteiger partial charge in [0.05, 0.1) is 18.1 Å². The lowest BCUT2D eigenvalue weighted by Crippen LogP contribution is -2.48. The van der Waals surface area contributed by atoms with Crippen LogP contribution in [0.2, 0.25) is 0 Å². The van der Waals surface area contributed by atoms with Crippen LogP contribution in [-0.2, 0) is 0 Å². The fourth-order valence-corrected chi connectivity index (χ4v) is 3.50. The number of piperidine rings is 2. The zero-order valence-electron chi connectivity index (χ0n) is 11.0. The molecule has 100 valence electrons. The van der Waals surface area contributed by atoms with E-state index in [0.29, 0.717) is 0 Å². The van der Waals surface area contributed by atoms with Gasteiger partial charge in [-0.1, -0.05) is 0 Å². The number of furan rings is 1. The van der Waals surface area contributed by atoms with Gasteiger partial charge in [-0.15, -0.1) is 0 Å². The van der Waals surface area contributed by atoms with Gasteiger partial charge in [-0.05, 0) is 37.8 Å². The van der Waals surface area contributed by atoms with Crippen LogP contribution in [0, 0.1) is 11.8 Å². The number of pyridine rings is 1. The second kappa shape index (κ2) is 4.53. The molecule has 0 bridgehead atoms. The average Bonchev–Trinajstić information content (AvgIpc) is 2.94. The molecular weight excluding hydrogens is 238 g/mol. The quantitative estimate of drug-likeness (QED) is 0.851. The van der Waals surface area contributed by atoms with Crippen LogP contribution >= 0.6 is 0 Å². The first-order valence-corrected chi connectivity index (χ1v) is 7.19. The Kier molecular flexibility index (Phi) is 2.69. The van der Waals surface area contributed by atoms with Gasteiger partial charge in [0.2, 0.25) is 0 Å². The number of hydrogen-bond donors (Lipinski definition) is 1. The number of rotatable bonds is 1. The summed E-state index contributed by atoms with van der Waals surface area (Å²) in [6.45, 7) is 4.68. The van der Waals surface area contributed by atoms with Crippen molar-refractivity contribution in [3.8, 4) is 0 Å². The predicted molar refractivity (Wildman–Crippen MR) is 75.3 cm³/mol. The number of nitrogens with one attached hydrogen (secondary N) is 1. The first-order valence-electron chi connectivity index (χ1n) is 7.19. The third kappa shape index (κ3) is 2.00. The van der Waals surface area contributed by atoms with Gasteiger partial charge in [0.15, 0.2) is 5.58 Å². The summed E-state index contributed by atoms with van der Waals surface area (Å²) in [4.78, 5) is 6.95. The van der Waals surface area contributed by atoms with Crippen LogP contribution in [0.25, 0.3) is 11.1 Å². The lowest BCUT2D eigenvalue weighted by molar-refractivity contribution is 0.218. The van der Waals surface area contributed by atoms with Crippen LogP contribution in [0.1, 0.15) is 12.8 Å². The molecule has 19 heavy (non-hydrogen) atoms. The van der Waals surface area contributed by atoms with Gasteiger partial charge in [0, 0.05) is 25.2 Å². The summed E-state index contributed by atoms with van der Waals surface area (Å²) < 4.78 is 5.46. The van der Waals surface area contributed by atoms with Gasteiger partial charge < -0.3 is 14.6 Å². The first kappa shape index (κ1) is 11.3. The summed E-state index contributed by atoms with van der Waals surface area (Å²) in [6, 6.07) is 4.04. The van der Waals surface area contributed by atoms with Gasteiger partial charge in [0.25, 0.3) is 0 Å². The van der Waals surface area contributed by atoms with Gasteiger partial charge in [-0.2, -0.15) is 0 Å². The minimum absolute atomic E-state index is 0.835. The molecule has 4 rings (SSSR count). The summed E-state index contributed by atoms with van der Waals surface area (Å²) in [5.41, 5.74) is 3.05. The molecule has 4 heterocycles. The molecule has 2 aliphatic rings. The lowest BCUT2D eigenvalue weighted by atomic mass is 9.81. The molecule has 0 saturated carbocycles. The van der Waals surface area contributed by atoms with E-state index >= 15 is 0 Å². The standard InChI is InChI=1S/C15H19N3O/c1-4-16-8-11-2-5-18(10-12(1)11)13-7-15-14(17-9-13)3-6-19-15/h3,6-7,9,11-12,16H,1-2,4-5,8,10H2/t11-,12-/m0/s1. The van der Waals surface area contributed by atoms with Crippen molar-refractivity contribution >= 4 is 16.8 Å². The Morgan fingerprint density at radius 3 is 3.32 bits per heavy atom. The molecule has 4 heteroatoms. The van der Waals surface area contributed by atoms with E-state index in [1.807, 2.05) is 12.3 Å². The SMILES string of the molecule is c1cc2ncc(N3CC[C@H]4CNCC[C@H]4C3)cc2o1. The number of aromatic nitrogens is 1. The largest absolute Gasteiger partial charge is 0.463 e. The molecule has 2 atom stereocenters. The fraction of sp³-hybridized carbons (Fsp3) is 0.533. The van der Waals surface area contributed by atoms with Crippen molar-refractivity contribution < 1.29 is 4.42 Å². The molecule has 2 aromatic rings. The van der Waals surface area contributed by atoms with Gasteiger partial charge in [0.1, 0.15) is 5.52 Å². The smallest absolute Gasteiger partial charge is 0.154 e. The molecule has 2 aromatic heterocycles. The highest BCUT2D eigenvalue weighted by atomic mass is 16.3. The van der Waals surface area contributed by atoms with Crippen LogP contribution in [0.4, 0.5) is 5.69 Å². The van der Waals surface area contributed by atoms with Gasteiger partial charge in [-0.3, -0.25) is 4.98 Å². The van der Waals surface area contributed by atoms with E-state index in [2.05, 4.69) is 21.3 Å². The maximum absolute atomic E-state index is 5.46. The summed E-state index contributed by atoms with van der Waals surface area (Å²) in [5.74, 6) is 1.70. The summed E-state index contributed by atoms with van der Waals surface area (Å²) in [6.07, 6.45) is 6.28. The van der Waals surface area contributed by atoms with Crippen molar-refractivity contribution in [1.82, 2.24) is 10.3 Å². The number of nitrogens with zero attached hydrogens (tertiary/aromatic N) is 2. The highest BCUT2D eigenvalue weighted by molar-refractivity contribution is 5.76. The summed E-state index contributed by atoms with van der Waals surface area (Å²) in [5, 5.41) is 3.51. The van der Waals surface area contributed by atoms with Gasteiger partial charge >= 0.3 is 0 Å². The minimum atomic E-state index is 0.835. The Morgan fingerprint density at radius 1 is 1.32 bits per heavy atom. The molecule has 1 N–H and O–H groups in total. The van der Waals surface area contributed by atoms with Crippen molar-refractivity contribution in [3.63, 3.8) is 0 Å². The molecule has 0 radical (unpaired) electrons. The zero-order chi connectivity index (χ0) is 12.7. The second-order valence-electron chi connectivity index (χ2n) is 5.75. The molecule has 0 spiro atoms.